The van der Waals surface area contributed by atoms with E-state index in [2.05, 4.69) is 63.0 Å². The number of hydrogen-bond acceptors (Lipinski definition) is 0. The van der Waals surface area contributed by atoms with Crippen molar-refractivity contribution in [3.8, 4) is 0 Å². The Labute approximate surface area is 147 Å². The molecule has 0 nitrogen and oxygen atoms in total. The molecule has 0 aliphatic carbocycles. The minimum Gasteiger partial charge on any atom is -0.205 e. The minimum atomic E-state index is -0.322. The van der Waals surface area contributed by atoms with Gasteiger partial charge in [-0.3, -0.25) is 0 Å². The van der Waals surface area contributed by atoms with Gasteiger partial charge in [0.25, 0.3) is 0 Å². The van der Waals surface area contributed by atoms with Crippen LogP contribution < -0.4 is 0 Å². The van der Waals surface area contributed by atoms with Crippen molar-refractivity contribution in [2.24, 2.45) is 0 Å². The molecule has 0 radical (unpaired) electrons. The fraction of sp³-hybridized carbons (Fsp3) is 0.294. The summed E-state index contributed by atoms with van der Waals surface area (Å²) < 4.78 is 14.2. The van der Waals surface area contributed by atoms with Gasteiger partial charge in [-0.05, 0) is 30.5 Å². The molecule has 0 aliphatic rings. The van der Waals surface area contributed by atoms with Crippen LogP contribution in [0.1, 0.15) is 16.7 Å². The fourth-order valence-corrected chi connectivity index (χ4v) is 4.51. The molecule has 0 aliphatic heterocycles. The van der Waals surface area contributed by atoms with Gasteiger partial charge in [0.15, 0.2) is 0 Å². The number of rotatable bonds is 5. The highest BCUT2D eigenvalue weighted by atomic mass is 79.9. The minimum absolute atomic E-state index is 0.175. The maximum absolute atomic E-state index is 14.2. The maximum Gasteiger partial charge on any atom is 0.145 e. The van der Waals surface area contributed by atoms with Gasteiger partial charge in [0, 0.05) is 16.1 Å². The Hall–Kier alpha value is -0.380. The number of halogens is 4. The van der Waals surface area contributed by atoms with Crippen LogP contribution in [0.25, 0.3) is 0 Å². The van der Waals surface area contributed by atoms with Crippen molar-refractivity contribution in [1.29, 1.82) is 0 Å². The summed E-state index contributed by atoms with van der Waals surface area (Å²) in [6.45, 7) is 2.06. The predicted molar refractivity (Wildman–Crippen MR) is 95.6 cm³/mol. The first-order valence-electron chi connectivity index (χ1n) is 6.64. The molecule has 4 heteroatoms. The summed E-state index contributed by atoms with van der Waals surface area (Å²) in [5.74, 6) is -0.322. The first-order chi connectivity index (χ1) is 10.0. The molecule has 0 heterocycles. The molecular formula is C17H16Br2ClF. The first kappa shape index (κ1) is 17.0. The molecule has 0 amide bonds. The third-order valence-electron chi connectivity index (χ3n) is 3.74. The molecular weight excluding hydrogens is 418 g/mol. The third kappa shape index (κ3) is 3.69. The van der Waals surface area contributed by atoms with E-state index in [4.69, 9.17) is 11.6 Å². The molecule has 0 aromatic heterocycles. The summed E-state index contributed by atoms with van der Waals surface area (Å²) in [5, 5.41) is 1.65. The van der Waals surface area contributed by atoms with Crippen molar-refractivity contribution in [2.45, 2.75) is 18.8 Å². The maximum atomic E-state index is 14.2. The molecule has 0 bridgehead atoms. The van der Waals surface area contributed by atoms with Crippen molar-refractivity contribution in [3.05, 3.63) is 70.0 Å². The van der Waals surface area contributed by atoms with E-state index in [1.807, 2.05) is 0 Å². The van der Waals surface area contributed by atoms with Crippen molar-refractivity contribution in [2.75, 3.05) is 10.7 Å². The van der Waals surface area contributed by atoms with E-state index in [1.54, 1.807) is 18.2 Å². The molecule has 0 fully saturated rings. The van der Waals surface area contributed by atoms with E-state index in [-0.39, 0.29) is 16.3 Å². The molecule has 0 saturated carbocycles. The van der Waals surface area contributed by atoms with Gasteiger partial charge in [-0.2, -0.15) is 0 Å². The Kier molecular flexibility index (Phi) is 5.87. The van der Waals surface area contributed by atoms with Gasteiger partial charge in [-0.25, -0.2) is 4.39 Å². The van der Waals surface area contributed by atoms with Crippen LogP contribution in [0, 0.1) is 12.7 Å². The average molecular weight is 435 g/mol. The summed E-state index contributed by atoms with van der Waals surface area (Å²) in [4.78, 5) is 0. The lowest BCUT2D eigenvalue weighted by atomic mass is 9.79. The molecule has 112 valence electrons. The summed E-state index contributed by atoms with van der Waals surface area (Å²) in [5.41, 5.74) is 2.83. The molecule has 21 heavy (non-hydrogen) atoms. The zero-order valence-electron chi connectivity index (χ0n) is 11.7. The Balaban J connectivity index is 2.43. The lowest BCUT2D eigenvalue weighted by Gasteiger charge is -2.31. The lowest BCUT2D eigenvalue weighted by Crippen LogP contribution is -2.33. The zero-order valence-corrected chi connectivity index (χ0v) is 15.6. The second-order valence-electron chi connectivity index (χ2n) is 5.30. The number of alkyl halides is 2. The Morgan fingerprint density at radius 1 is 1.05 bits per heavy atom. The summed E-state index contributed by atoms with van der Waals surface area (Å²) in [6, 6.07) is 13.6. The van der Waals surface area contributed by atoms with Crippen LogP contribution in [0.15, 0.2) is 42.5 Å². The first-order valence-corrected chi connectivity index (χ1v) is 9.26. The van der Waals surface area contributed by atoms with Gasteiger partial charge in [0.05, 0.1) is 5.02 Å². The topological polar surface area (TPSA) is 0 Å². The standard InChI is InChI=1S/C17H16Br2ClF/c1-12-5-7-14(8-6-12)17(10-18,11-19)9-13-3-2-4-15(20)16(13)21/h2-8H,9-11H2,1H3. The molecule has 2 aromatic carbocycles. The summed E-state index contributed by atoms with van der Waals surface area (Å²) in [6.07, 6.45) is 0.582. The quantitative estimate of drug-likeness (QED) is 0.502. The van der Waals surface area contributed by atoms with Crippen LogP contribution in [0.2, 0.25) is 5.02 Å². The van der Waals surface area contributed by atoms with E-state index in [9.17, 15) is 4.39 Å². The van der Waals surface area contributed by atoms with Gasteiger partial charge < -0.3 is 0 Å². The second-order valence-corrected chi connectivity index (χ2v) is 6.83. The Morgan fingerprint density at radius 2 is 1.67 bits per heavy atom. The highest BCUT2D eigenvalue weighted by Crippen LogP contribution is 2.34. The Bertz CT molecular complexity index is 607. The van der Waals surface area contributed by atoms with Gasteiger partial charge >= 0.3 is 0 Å². The van der Waals surface area contributed by atoms with Crippen molar-refractivity contribution < 1.29 is 4.39 Å². The van der Waals surface area contributed by atoms with Crippen LogP contribution in [-0.4, -0.2) is 10.7 Å². The van der Waals surface area contributed by atoms with Crippen molar-refractivity contribution >= 4 is 43.5 Å². The third-order valence-corrected chi connectivity index (χ3v) is 6.17. The highest BCUT2D eigenvalue weighted by molar-refractivity contribution is 9.09. The molecule has 0 unspecified atom stereocenters. The molecule has 0 saturated heterocycles. The fourth-order valence-electron chi connectivity index (χ4n) is 2.34. The second kappa shape index (κ2) is 7.26. The van der Waals surface area contributed by atoms with Crippen LogP contribution in [0.3, 0.4) is 0 Å². The molecule has 2 rings (SSSR count). The zero-order chi connectivity index (χ0) is 15.5. The van der Waals surface area contributed by atoms with Crippen LogP contribution in [0.5, 0.6) is 0 Å². The SMILES string of the molecule is Cc1ccc(C(CBr)(CBr)Cc2cccc(Cl)c2F)cc1. The van der Waals surface area contributed by atoms with E-state index in [1.165, 1.54) is 11.1 Å². The van der Waals surface area contributed by atoms with Crippen LogP contribution in [-0.2, 0) is 11.8 Å². The van der Waals surface area contributed by atoms with Gasteiger partial charge in [-0.1, -0.05) is 85.4 Å². The van der Waals surface area contributed by atoms with Crippen LogP contribution in [0.4, 0.5) is 4.39 Å². The van der Waals surface area contributed by atoms with E-state index >= 15 is 0 Å². The number of hydrogen-bond donors (Lipinski definition) is 0. The monoisotopic (exact) mass is 432 g/mol. The molecule has 0 N–H and O–H groups in total. The molecule has 0 spiro atoms. The predicted octanol–water partition coefficient (Wildman–Crippen LogP) is 6.06. The van der Waals surface area contributed by atoms with Crippen molar-refractivity contribution in [3.63, 3.8) is 0 Å². The van der Waals surface area contributed by atoms with E-state index < -0.39 is 0 Å². The summed E-state index contributed by atoms with van der Waals surface area (Å²) in [7, 11) is 0. The van der Waals surface area contributed by atoms with Gasteiger partial charge in [-0.15, -0.1) is 0 Å². The lowest BCUT2D eigenvalue weighted by molar-refractivity contribution is 0.523. The van der Waals surface area contributed by atoms with Gasteiger partial charge in [0.2, 0.25) is 0 Å². The smallest absolute Gasteiger partial charge is 0.145 e. The Morgan fingerprint density at radius 3 is 2.24 bits per heavy atom. The van der Waals surface area contributed by atoms with Crippen molar-refractivity contribution in [1.82, 2.24) is 0 Å². The van der Waals surface area contributed by atoms with E-state index in [0.717, 1.165) is 10.7 Å². The summed E-state index contributed by atoms with van der Waals surface area (Å²) >= 11 is 13.1. The van der Waals surface area contributed by atoms with Gasteiger partial charge in [0.1, 0.15) is 5.82 Å². The average Bonchev–Trinajstić information content (AvgIpc) is 2.50. The van der Waals surface area contributed by atoms with E-state index in [0.29, 0.717) is 12.0 Å². The molecule has 0 atom stereocenters. The largest absolute Gasteiger partial charge is 0.205 e. The molecule has 2 aromatic rings. The highest BCUT2D eigenvalue weighted by Gasteiger charge is 2.31. The number of benzene rings is 2. The normalized spacial score (nSPS) is 11.7. The number of aryl methyl sites for hydroxylation is 1. The van der Waals surface area contributed by atoms with Crippen LogP contribution >= 0.6 is 43.5 Å².